The van der Waals surface area contributed by atoms with Crippen molar-refractivity contribution < 1.29 is 19.1 Å². The third-order valence-corrected chi connectivity index (χ3v) is 6.62. The van der Waals surface area contributed by atoms with Gasteiger partial charge in [-0.2, -0.15) is 0 Å². The molecule has 2 N–H and O–H groups in total. The highest BCUT2D eigenvalue weighted by Crippen LogP contribution is 2.37. The first-order valence-corrected chi connectivity index (χ1v) is 12.7. The molecule has 1 saturated heterocycles. The van der Waals surface area contributed by atoms with Crippen molar-refractivity contribution >= 4 is 29.5 Å². The van der Waals surface area contributed by atoms with E-state index >= 15 is 0 Å². The molecule has 1 atom stereocenters. The second-order valence-corrected chi connectivity index (χ2v) is 10.7. The van der Waals surface area contributed by atoms with Crippen LogP contribution in [-0.2, 0) is 4.74 Å². The summed E-state index contributed by atoms with van der Waals surface area (Å²) in [7, 11) is 0. The van der Waals surface area contributed by atoms with Gasteiger partial charge in [0.2, 0.25) is 0 Å². The molecule has 0 unspecified atom stereocenters. The van der Waals surface area contributed by atoms with Crippen LogP contribution in [0.25, 0.3) is 5.69 Å². The van der Waals surface area contributed by atoms with E-state index in [9.17, 15) is 9.59 Å². The number of urea groups is 1. The van der Waals surface area contributed by atoms with E-state index in [1.54, 1.807) is 27.9 Å². The zero-order valence-electron chi connectivity index (χ0n) is 21.0. The van der Waals surface area contributed by atoms with Gasteiger partial charge in [0.25, 0.3) is 0 Å². The van der Waals surface area contributed by atoms with Gasteiger partial charge < -0.3 is 19.7 Å². The van der Waals surface area contributed by atoms with E-state index in [0.717, 1.165) is 16.8 Å². The lowest BCUT2D eigenvalue weighted by atomic mass is 9.92. The van der Waals surface area contributed by atoms with Crippen molar-refractivity contribution in [2.24, 2.45) is 0 Å². The summed E-state index contributed by atoms with van der Waals surface area (Å²) in [6.45, 7) is 7.36. The van der Waals surface area contributed by atoms with Crippen LogP contribution in [0.1, 0.15) is 50.3 Å². The minimum Gasteiger partial charge on any atom is -0.492 e. The first-order chi connectivity index (χ1) is 17.7. The van der Waals surface area contributed by atoms with Crippen molar-refractivity contribution in [3.05, 3.63) is 70.9 Å². The molecule has 3 aromatic rings. The van der Waals surface area contributed by atoms with Crippen LogP contribution in [0.4, 0.5) is 15.4 Å². The number of halogens is 1. The Balaban J connectivity index is 1.15. The van der Waals surface area contributed by atoms with Crippen LogP contribution in [0.5, 0.6) is 5.75 Å². The van der Waals surface area contributed by atoms with Crippen molar-refractivity contribution in [3.8, 4) is 11.4 Å². The average molecular weight is 524 g/mol. The van der Waals surface area contributed by atoms with E-state index in [1.807, 2.05) is 57.2 Å². The van der Waals surface area contributed by atoms with Crippen molar-refractivity contribution in [2.45, 2.75) is 44.8 Å². The monoisotopic (exact) mass is 523 g/mol. The smallest absolute Gasteiger partial charge is 0.410 e. The van der Waals surface area contributed by atoms with Crippen molar-refractivity contribution in [3.63, 3.8) is 0 Å². The Morgan fingerprint density at radius 1 is 1.11 bits per heavy atom. The summed E-state index contributed by atoms with van der Waals surface area (Å²) in [6.07, 6.45) is 2.17. The van der Waals surface area contributed by atoms with E-state index in [2.05, 4.69) is 15.7 Å². The second kappa shape index (κ2) is 9.97. The molecule has 2 aliphatic heterocycles. The van der Waals surface area contributed by atoms with E-state index in [-0.39, 0.29) is 24.1 Å². The van der Waals surface area contributed by atoms with Crippen molar-refractivity contribution in [2.75, 3.05) is 25.0 Å². The molecule has 0 radical (unpaired) electrons. The number of ether oxygens (including phenoxy) is 2. The fraction of sp³-hybridized carbons (Fsp3) is 0.370. The molecule has 0 aliphatic carbocycles. The lowest BCUT2D eigenvalue weighted by Crippen LogP contribution is -2.50. The summed E-state index contributed by atoms with van der Waals surface area (Å²) < 4.78 is 12.8. The van der Waals surface area contributed by atoms with Gasteiger partial charge in [0, 0.05) is 43.3 Å². The van der Waals surface area contributed by atoms with E-state index in [0.29, 0.717) is 42.7 Å². The van der Waals surface area contributed by atoms with Crippen LogP contribution < -0.4 is 15.4 Å². The summed E-state index contributed by atoms with van der Waals surface area (Å²) in [5.41, 5.74) is 2.39. The molecule has 37 heavy (non-hydrogen) atoms. The first kappa shape index (κ1) is 25.0. The lowest BCUT2D eigenvalue weighted by Gasteiger charge is -2.40. The lowest BCUT2D eigenvalue weighted by molar-refractivity contribution is 0.00819. The number of anilines is 1. The molecule has 3 amide bonds. The molecule has 0 spiro atoms. The maximum Gasteiger partial charge on any atom is 0.410 e. The zero-order valence-corrected chi connectivity index (χ0v) is 21.8. The van der Waals surface area contributed by atoms with E-state index < -0.39 is 5.60 Å². The number of rotatable bonds is 4. The van der Waals surface area contributed by atoms with Gasteiger partial charge >= 0.3 is 12.1 Å². The largest absolute Gasteiger partial charge is 0.492 e. The number of fused-ring (bicyclic) bond motifs is 1. The van der Waals surface area contributed by atoms with Gasteiger partial charge in [-0.15, -0.1) is 5.10 Å². The van der Waals surface area contributed by atoms with Crippen LogP contribution in [0.3, 0.4) is 0 Å². The number of nitrogens with zero attached hydrogens (tertiary/aromatic N) is 3. The SMILES string of the molecule is CC(C)(C)OC(=O)N1CC(c2ccc(-n3ccc(NC(=O)N[C@H]4CCOc5c(Cl)cccc54)n3)cc2)C1. The molecule has 0 bridgehead atoms. The Morgan fingerprint density at radius 3 is 2.59 bits per heavy atom. The predicted octanol–water partition coefficient (Wildman–Crippen LogP) is 5.51. The molecule has 2 aliphatic rings. The molecule has 1 aromatic heterocycles. The number of carbonyl (C=O) groups excluding carboxylic acids is 2. The second-order valence-electron chi connectivity index (χ2n) is 10.3. The molecule has 3 heterocycles. The molecule has 194 valence electrons. The van der Waals surface area contributed by atoms with Gasteiger partial charge in [-0.05, 0) is 44.5 Å². The van der Waals surface area contributed by atoms with Gasteiger partial charge in [-0.3, -0.25) is 5.32 Å². The third kappa shape index (κ3) is 5.67. The topological polar surface area (TPSA) is 97.7 Å². The Kier molecular flexibility index (Phi) is 6.72. The first-order valence-electron chi connectivity index (χ1n) is 12.3. The summed E-state index contributed by atoms with van der Waals surface area (Å²) in [4.78, 5) is 26.5. The highest BCUT2D eigenvalue weighted by Gasteiger charge is 2.34. The van der Waals surface area contributed by atoms with Gasteiger partial charge in [0.15, 0.2) is 5.82 Å². The van der Waals surface area contributed by atoms with Crippen LogP contribution >= 0.6 is 11.6 Å². The van der Waals surface area contributed by atoms with Gasteiger partial charge in [0.1, 0.15) is 11.4 Å². The third-order valence-electron chi connectivity index (χ3n) is 6.32. The Labute approximate surface area is 220 Å². The number of para-hydroxylation sites is 1. The molecule has 10 heteroatoms. The van der Waals surface area contributed by atoms with Gasteiger partial charge in [0.05, 0.1) is 23.4 Å². The molecule has 2 aromatic carbocycles. The van der Waals surface area contributed by atoms with Gasteiger partial charge in [-0.25, -0.2) is 14.3 Å². The highest BCUT2D eigenvalue weighted by molar-refractivity contribution is 6.32. The number of likely N-dealkylation sites (tertiary alicyclic amines) is 1. The molecule has 9 nitrogen and oxygen atoms in total. The summed E-state index contributed by atoms with van der Waals surface area (Å²) in [5.74, 6) is 1.34. The van der Waals surface area contributed by atoms with Crippen LogP contribution in [-0.4, -0.2) is 52.1 Å². The summed E-state index contributed by atoms with van der Waals surface area (Å²) >= 11 is 6.23. The number of hydrogen-bond acceptors (Lipinski definition) is 5. The summed E-state index contributed by atoms with van der Waals surface area (Å²) in [5, 5.41) is 10.8. The minimum atomic E-state index is -0.494. The molecule has 0 saturated carbocycles. The molecule has 1 fully saturated rings. The van der Waals surface area contributed by atoms with Gasteiger partial charge in [-0.1, -0.05) is 35.9 Å². The van der Waals surface area contributed by atoms with Crippen LogP contribution in [0.15, 0.2) is 54.7 Å². The number of nitrogens with one attached hydrogen (secondary N) is 2. The van der Waals surface area contributed by atoms with Crippen LogP contribution in [0.2, 0.25) is 5.02 Å². The molecule has 5 rings (SSSR count). The Morgan fingerprint density at radius 2 is 1.86 bits per heavy atom. The van der Waals surface area contributed by atoms with Crippen LogP contribution in [0, 0.1) is 0 Å². The fourth-order valence-electron chi connectivity index (χ4n) is 4.45. The average Bonchev–Trinajstić information content (AvgIpc) is 3.26. The number of aromatic nitrogens is 2. The standard InChI is InChI=1S/C27H30ClN5O4/c1-27(2,3)37-26(35)32-15-18(16-32)17-7-9-19(10-8-17)33-13-11-23(31-33)30-25(34)29-22-12-14-36-24-20(22)5-4-6-21(24)28/h4-11,13,18,22H,12,14-16H2,1-3H3,(H2,29,30,31,34)/t22-/m0/s1. The zero-order chi connectivity index (χ0) is 26.2. The Hall–Kier alpha value is -3.72. The number of amides is 3. The number of carbonyl (C=O) groups is 2. The minimum absolute atomic E-state index is 0.199. The molecular weight excluding hydrogens is 494 g/mol. The summed E-state index contributed by atoms with van der Waals surface area (Å²) in [6, 6.07) is 14.8. The quantitative estimate of drug-likeness (QED) is 0.470. The normalized spacial score (nSPS) is 17.3. The number of benzene rings is 2. The van der Waals surface area contributed by atoms with E-state index in [4.69, 9.17) is 21.1 Å². The van der Waals surface area contributed by atoms with Crippen molar-refractivity contribution in [1.29, 1.82) is 0 Å². The van der Waals surface area contributed by atoms with Crippen molar-refractivity contribution in [1.82, 2.24) is 20.0 Å². The predicted molar refractivity (Wildman–Crippen MR) is 141 cm³/mol. The molecular formula is C27H30ClN5O4. The Bertz CT molecular complexity index is 1290. The highest BCUT2D eigenvalue weighted by atomic mass is 35.5. The van der Waals surface area contributed by atoms with E-state index in [1.165, 1.54) is 0 Å². The fourth-order valence-corrected chi connectivity index (χ4v) is 4.68. The maximum atomic E-state index is 12.6. The number of hydrogen-bond donors (Lipinski definition) is 2. The maximum absolute atomic E-state index is 12.6.